The van der Waals surface area contributed by atoms with Gasteiger partial charge in [-0.25, -0.2) is 0 Å². The van der Waals surface area contributed by atoms with E-state index >= 15 is 0 Å². The highest BCUT2D eigenvalue weighted by atomic mass is 35.5. The second-order valence-electron chi connectivity index (χ2n) is 6.26. The van der Waals surface area contributed by atoms with Crippen LogP contribution in [-0.2, 0) is 0 Å². The van der Waals surface area contributed by atoms with Gasteiger partial charge in [-0.1, -0.05) is 31.2 Å². The molecule has 0 amide bonds. The fourth-order valence-electron chi connectivity index (χ4n) is 3.24. The number of hydrogen-bond acceptors (Lipinski definition) is 4. The van der Waals surface area contributed by atoms with Gasteiger partial charge in [0.2, 0.25) is 0 Å². The van der Waals surface area contributed by atoms with Gasteiger partial charge in [0.25, 0.3) is 5.56 Å². The van der Waals surface area contributed by atoms with Crippen LogP contribution in [0.3, 0.4) is 0 Å². The number of phenols is 1. The van der Waals surface area contributed by atoms with Crippen LogP contribution >= 0.6 is 23.7 Å². The molecule has 6 heteroatoms. The Balaban J connectivity index is 0.00000196. The summed E-state index contributed by atoms with van der Waals surface area (Å²) in [5, 5.41) is 14.2. The Kier molecular flexibility index (Phi) is 5.05. The highest BCUT2D eigenvalue weighted by Crippen LogP contribution is 2.39. The molecule has 26 heavy (non-hydrogen) atoms. The Labute approximate surface area is 160 Å². The fourth-order valence-corrected chi connectivity index (χ4v) is 4.04. The lowest BCUT2D eigenvalue weighted by Gasteiger charge is -2.13. The van der Waals surface area contributed by atoms with Crippen LogP contribution in [0.15, 0.2) is 52.6 Å². The number of rotatable bonds is 3. The van der Waals surface area contributed by atoms with Gasteiger partial charge >= 0.3 is 0 Å². The van der Waals surface area contributed by atoms with E-state index in [0.717, 1.165) is 27.4 Å². The number of benzene rings is 2. The summed E-state index contributed by atoms with van der Waals surface area (Å²) in [5.74, 6) is 0.488. The van der Waals surface area contributed by atoms with Gasteiger partial charge in [-0.15, -0.1) is 23.7 Å². The van der Waals surface area contributed by atoms with Crippen LogP contribution in [0.5, 0.6) is 5.75 Å². The molecule has 2 heterocycles. The molecule has 4 aromatic rings. The molecule has 0 fully saturated rings. The Bertz CT molecular complexity index is 1130. The zero-order valence-corrected chi connectivity index (χ0v) is 15.8. The minimum atomic E-state index is -0.0961. The molecule has 0 saturated heterocycles. The Morgan fingerprint density at radius 1 is 1.15 bits per heavy atom. The van der Waals surface area contributed by atoms with Gasteiger partial charge in [-0.3, -0.25) is 4.79 Å². The van der Waals surface area contributed by atoms with Crippen molar-refractivity contribution in [3.63, 3.8) is 0 Å². The maximum Gasteiger partial charge on any atom is 0.266 e. The summed E-state index contributed by atoms with van der Waals surface area (Å²) in [7, 11) is 0. The van der Waals surface area contributed by atoms with Crippen molar-refractivity contribution in [1.82, 2.24) is 4.98 Å². The van der Waals surface area contributed by atoms with E-state index in [0.29, 0.717) is 11.2 Å². The van der Waals surface area contributed by atoms with Crippen molar-refractivity contribution in [3.8, 4) is 16.9 Å². The number of aromatic hydroxyl groups is 1. The van der Waals surface area contributed by atoms with E-state index in [4.69, 9.17) is 5.73 Å². The number of H-pyrrole nitrogens is 1. The van der Waals surface area contributed by atoms with E-state index in [2.05, 4.69) is 11.9 Å². The fraction of sp³-hybridized carbons (Fsp3) is 0.150. The Morgan fingerprint density at radius 3 is 2.58 bits per heavy atom. The van der Waals surface area contributed by atoms with E-state index < -0.39 is 0 Å². The highest BCUT2D eigenvalue weighted by Gasteiger charge is 2.15. The van der Waals surface area contributed by atoms with Gasteiger partial charge in [-0.05, 0) is 47.2 Å². The topological polar surface area (TPSA) is 79.1 Å². The van der Waals surface area contributed by atoms with E-state index in [-0.39, 0.29) is 29.6 Å². The standard InChI is InChI=1S/C20H18N2O2S.ClH/c1-11(10-21)12-2-4-13(5-3-12)17-16(23)7-6-15-18(17)14-8-9-25-19(14)20(24)22-15;/h2-9,11,23H,10,21H2,1H3,(H,22,24);1H. The molecule has 0 saturated carbocycles. The SMILES string of the molecule is CC(CN)c1ccc(-c2c(O)ccc3[nH]c(=O)c4sccc4c23)cc1.Cl. The summed E-state index contributed by atoms with van der Waals surface area (Å²) in [6.07, 6.45) is 0. The smallest absolute Gasteiger partial charge is 0.266 e. The molecule has 1 atom stereocenters. The number of halogens is 1. The van der Waals surface area contributed by atoms with Crippen LogP contribution in [0, 0.1) is 0 Å². The predicted octanol–water partition coefficient (Wildman–Crippen LogP) is 4.60. The molecule has 0 aliphatic heterocycles. The van der Waals surface area contributed by atoms with Crippen LogP contribution in [-0.4, -0.2) is 16.6 Å². The summed E-state index contributed by atoms with van der Waals surface area (Å²) in [5.41, 5.74) is 9.19. The number of nitrogens with one attached hydrogen (secondary N) is 1. The van der Waals surface area contributed by atoms with Crippen LogP contribution in [0.4, 0.5) is 0 Å². The first-order chi connectivity index (χ1) is 12.1. The van der Waals surface area contributed by atoms with Gasteiger partial charge in [0.15, 0.2) is 0 Å². The maximum absolute atomic E-state index is 12.2. The summed E-state index contributed by atoms with van der Waals surface area (Å²) in [6, 6.07) is 13.4. The number of pyridine rings is 1. The van der Waals surface area contributed by atoms with Gasteiger partial charge < -0.3 is 15.8 Å². The van der Waals surface area contributed by atoms with Crippen molar-refractivity contribution in [1.29, 1.82) is 0 Å². The molecular weight excluding hydrogens is 368 g/mol. The number of aromatic amines is 1. The van der Waals surface area contributed by atoms with E-state index in [1.807, 2.05) is 35.7 Å². The van der Waals surface area contributed by atoms with Gasteiger partial charge in [0, 0.05) is 21.9 Å². The molecule has 1 unspecified atom stereocenters. The van der Waals surface area contributed by atoms with Crippen molar-refractivity contribution in [2.24, 2.45) is 5.73 Å². The average molecular weight is 387 g/mol. The first-order valence-electron chi connectivity index (χ1n) is 8.15. The molecule has 4 nitrogen and oxygen atoms in total. The third-order valence-electron chi connectivity index (χ3n) is 4.69. The number of fused-ring (bicyclic) bond motifs is 3. The number of thiophene rings is 1. The molecule has 4 rings (SSSR count). The van der Waals surface area contributed by atoms with Crippen molar-refractivity contribution >= 4 is 44.7 Å². The second-order valence-corrected chi connectivity index (χ2v) is 7.17. The summed E-state index contributed by atoms with van der Waals surface area (Å²) >= 11 is 1.41. The third kappa shape index (κ3) is 2.88. The number of aromatic nitrogens is 1. The van der Waals surface area contributed by atoms with E-state index in [9.17, 15) is 9.90 Å². The predicted molar refractivity (Wildman–Crippen MR) is 112 cm³/mol. The largest absolute Gasteiger partial charge is 0.507 e. The van der Waals surface area contributed by atoms with Crippen molar-refractivity contribution < 1.29 is 5.11 Å². The minimum absolute atomic E-state index is 0. The number of hydrogen-bond donors (Lipinski definition) is 3. The lowest BCUT2D eigenvalue weighted by Crippen LogP contribution is -2.08. The van der Waals surface area contributed by atoms with Crippen molar-refractivity contribution in [2.75, 3.05) is 6.54 Å². The molecule has 0 bridgehead atoms. The Hall–Kier alpha value is -2.34. The first kappa shape index (κ1) is 18.5. The summed E-state index contributed by atoms with van der Waals surface area (Å²) in [4.78, 5) is 15.1. The maximum atomic E-state index is 12.2. The van der Waals surface area contributed by atoms with Crippen LogP contribution < -0.4 is 11.3 Å². The lowest BCUT2D eigenvalue weighted by atomic mass is 9.94. The minimum Gasteiger partial charge on any atom is -0.507 e. The van der Waals surface area contributed by atoms with E-state index in [1.165, 1.54) is 16.9 Å². The van der Waals surface area contributed by atoms with Crippen LogP contribution in [0.25, 0.3) is 32.1 Å². The van der Waals surface area contributed by atoms with Crippen molar-refractivity contribution in [3.05, 3.63) is 63.8 Å². The van der Waals surface area contributed by atoms with Crippen molar-refractivity contribution in [2.45, 2.75) is 12.8 Å². The number of nitrogens with two attached hydrogens (primary N) is 1. The molecule has 0 spiro atoms. The zero-order chi connectivity index (χ0) is 17.6. The molecule has 134 valence electrons. The second kappa shape index (κ2) is 7.11. The monoisotopic (exact) mass is 386 g/mol. The third-order valence-corrected chi connectivity index (χ3v) is 5.61. The van der Waals surface area contributed by atoms with E-state index in [1.54, 1.807) is 12.1 Å². The highest BCUT2D eigenvalue weighted by molar-refractivity contribution is 7.17. The van der Waals surface area contributed by atoms with Crippen LogP contribution in [0.1, 0.15) is 18.4 Å². The molecule has 0 radical (unpaired) electrons. The molecule has 2 aromatic carbocycles. The normalized spacial score (nSPS) is 12.2. The summed E-state index contributed by atoms with van der Waals surface area (Å²) < 4.78 is 0.674. The lowest BCUT2D eigenvalue weighted by molar-refractivity contribution is 0.478. The molecule has 4 N–H and O–H groups in total. The Morgan fingerprint density at radius 2 is 1.88 bits per heavy atom. The van der Waals surface area contributed by atoms with Gasteiger partial charge in [-0.2, -0.15) is 0 Å². The molecule has 2 aromatic heterocycles. The van der Waals surface area contributed by atoms with Gasteiger partial charge in [0.05, 0.1) is 0 Å². The zero-order valence-electron chi connectivity index (χ0n) is 14.2. The van der Waals surface area contributed by atoms with Crippen LogP contribution in [0.2, 0.25) is 0 Å². The molecule has 0 aliphatic rings. The summed E-state index contributed by atoms with van der Waals surface area (Å²) in [6.45, 7) is 2.68. The quantitative estimate of drug-likeness (QED) is 0.481. The molecular formula is C20H19ClN2O2S. The van der Waals surface area contributed by atoms with Gasteiger partial charge in [0.1, 0.15) is 10.4 Å². The first-order valence-corrected chi connectivity index (χ1v) is 9.03. The average Bonchev–Trinajstić information content (AvgIpc) is 3.12. The molecule has 0 aliphatic carbocycles. The number of phenolic OH excluding ortho intramolecular Hbond substituents is 1.